The largest absolute Gasteiger partial charge is 0.479 e. The second kappa shape index (κ2) is 4.75. The maximum Gasteiger partial charge on any atom is 0.245 e. The summed E-state index contributed by atoms with van der Waals surface area (Å²) in [6.45, 7) is 1.86. The van der Waals surface area contributed by atoms with E-state index < -0.39 is 0 Å². The Morgan fingerprint density at radius 3 is 2.75 bits per heavy atom. The standard InChI is InChI=1S/C12H13ClN6O/c1-7(13)10-17-9-11(14-6-15-12(9)20-3)19(10)8-4-16-18(2)5-8/h4-7H,1-3H3. The van der Waals surface area contributed by atoms with Gasteiger partial charge in [-0.25, -0.2) is 9.97 Å². The normalized spacial score (nSPS) is 12.8. The van der Waals surface area contributed by atoms with Gasteiger partial charge in [0.1, 0.15) is 12.2 Å². The Bertz CT molecular complexity index is 762. The number of hydrogen-bond donors (Lipinski definition) is 0. The van der Waals surface area contributed by atoms with Crippen molar-refractivity contribution in [3.63, 3.8) is 0 Å². The molecule has 0 fully saturated rings. The number of ether oxygens (including phenoxy) is 1. The number of aryl methyl sites for hydroxylation is 1. The van der Waals surface area contributed by atoms with Crippen molar-refractivity contribution in [2.75, 3.05) is 7.11 Å². The fourth-order valence-corrected chi connectivity index (χ4v) is 2.23. The lowest BCUT2D eigenvalue weighted by molar-refractivity contribution is 0.401. The minimum Gasteiger partial charge on any atom is -0.479 e. The molecule has 1 unspecified atom stereocenters. The quantitative estimate of drug-likeness (QED) is 0.689. The Morgan fingerprint density at radius 2 is 2.15 bits per heavy atom. The Labute approximate surface area is 120 Å². The molecule has 0 saturated heterocycles. The third-order valence-electron chi connectivity index (χ3n) is 2.94. The van der Waals surface area contributed by atoms with Crippen molar-refractivity contribution in [2.24, 2.45) is 7.05 Å². The molecule has 3 heterocycles. The third kappa shape index (κ3) is 1.90. The van der Waals surface area contributed by atoms with Crippen molar-refractivity contribution in [2.45, 2.75) is 12.3 Å². The van der Waals surface area contributed by atoms with Gasteiger partial charge in [0.25, 0.3) is 0 Å². The number of methoxy groups -OCH3 is 1. The van der Waals surface area contributed by atoms with Gasteiger partial charge in [0, 0.05) is 13.2 Å². The fraction of sp³-hybridized carbons (Fsp3) is 0.333. The van der Waals surface area contributed by atoms with E-state index in [1.165, 1.54) is 6.33 Å². The number of nitrogens with zero attached hydrogens (tertiary/aromatic N) is 6. The molecule has 0 aliphatic rings. The first-order valence-electron chi connectivity index (χ1n) is 6.02. The highest BCUT2D eigenvalue weighted by atomic mass is 35.5. The second-order valence-electron chi connectivity index (χ2n) is 4.35. The molecule has 0 radical (unpaired) electrons. The van der Waals surface area contributed by atoms with E-state index >= 15 is 0 Å². The van der Waals surface area contributed by atoms with Gasteiger partial charge in [0.2, 0.25) is 5.88 Å². The van der Waals surface area contributed by atoms with Crippen LogP contribution in [0.3, 0.4) is 0 Å². The van der Waals surface area contributed by atoms with E-state index in [0.29, 0.717) is 22.9 Å². The maximum atomic E-state index is 6.23. The van der Waals surface area contributed by atoms with Crippen LogP contribution < -0.4 is 4.74 Å². The van der Waals surface area contributed by atoms with E-state index in [4.69, 9.17) is 16.3 Å². The topological polar surface area (TPSA) is 70.7 Å². The number of imidazole rings is 1. The molecule has 0 bridgehead atoms. The molecule has 3 rings (SSSR count). The molecule has 8 heteroatoms. The smallest absolute Gasteiger partial charge is 0.245 e. The third-order valence-corrected chi connectivity index (χ3v) is 3.13. The molecule has 104 valence electrons. The number of hydrogen-bond acceptors (Lipinski definition) is 5. The van der Waals surface area contributed by atoms with E-state index in [1.807, 2.05) is 24.7 Å². The van der Waals surface area contributed by atoms with Crippen LogP contribution in [0.4, 0.5) is 0 Å². The van der Waals surface area contributed by atoms with Crippen molar-refractivity contribution >= 4 is 22.8 Å². The molecular formula is C12H13ClN6O. The van der Waals surface area contributed by atoms with E-state index in [-0.39, 0.29) is 5.38 Å². The summed E-state index contributed by atoms with van der Waals surface area (Å²) in [5.74, 6) is 1.10. The first-order chi connectivity index (χ1) is 9.61. The Kier molecular flexibility index (Phi) is 3.06. The van der Waals surface area contributed by atoms with Crippen molar-refractivity contribution in [1.29, 1.82) is 0 Å². The predicted molar refractivity (Wildman–Crippen MR) is 74.2 cm³/mol. The van der Waals surface area contributed by atoms with E-state index in [2.05, 4.69) is 20.1 Å². The number of fused-ring (bicyclic) bond motifs is 1. The Morgan fingerprint density at radius 1 is 1.35 bits per heavy atom. The van der Waals surface area contributed by atoms with Crippen molar-refractivity contribution in [3.8, 4) is 11.6 Å². The van der Waals surface area contributed by atoms with Crippen molar-refractivity contribution in [3.05, 3.63) is 24.5 Å². The highest BCUT2D eigenvalue weighted by Gasteiger charge is 2.21. The van der Waals surface area contributed by atoms with Crippen LogP contribution in [0.2, 0.25) is 0 Å². The molecule has 3 aromatic heterocycles. The zero-order chi connectivity index (χ0) is 14.3. The average Bonchev–Trinajstić information content (AvgIpc) is 3.01. The summed E-state index contributed by atoms with van der Waals surface area (Å²) in [6, 6.07) is 0. The van der Waals surface area contributed by atoms with Crippen LogP contribution in [-0.4, -0.2) is 36.4 Å². The molecule has 0 spiro atoms. The van der Waals surface area contributed by atoms with E-state index in [1.54, 1.807) is 18.0 Å². The summed E-state index contributed by atoms with van der Waals surface area (Å²) in [5, 5.41) is 3.89. The van der Waals surface area contributed by atoms with E-state index in [0.717, 1.165) is 5.69 Å². The van der Waals surface area contributed by atoms with Gasteiger partial charge in [-0.2, -0.15) is 10.1 Å². The lowest BCUT2D eigenvalue weighted by Crippen LogP contribution is -2.02. The zero-order valence-electron chi connectivity index (χ0n) is 11.3. The molecule has 3 aromatic rings. The summed E-state index contributed by atoms with van der Waals surface area (Å²) < 4.78 is 8.80. The number of alkyl halides is 1. The molecule has 0 aliphatic heterocycles. The molecule has 0 N–H and O–H groups in total. The maximum absolute atomic E-state index is 6.23. The minimum absolute atomic E-state index is 0.283. The van der Waals surface area contributed by atoms with Gasteiger partial charge in [-0.15, -0.1) is 11.6 Å². The summed E-state index contributed by atoms with van der Waals surface area (Å²) in [7, 11) is 3.40. The highest BCUT2D eigenvalue weighted by molar-refractivity contribution is 6.20. The summed E-state index contributed by atoms with van der Waals surface area (Å²) in [4.78, 5) is 12.9. The Balaban J connectivity index is 2.36. The van der Waals surface area contributed by atoms with Gasteiger partial charge in [-0.3, -0.25) is 9.25 Å². The van der Waals surface area contributed by atoms with Crippen LogP contribution in [0.5, 0.6) is 5.88 Å². The lowest BCUT2D eigenvalue weighted by atomic mass is 10.4. The molecule has 0 aliphatic carbocycles. The average molecular weight is 293 g/mol. The lowest BCUT2D eigenvalue weighted by Gasteiger charge is -2.06. The van der Waals surface area contributed by atoms with Crippen molar-refractivity contribution in [1.82, 2.24) is 29.3 Å². The number of rotatable bonds is 3. The number of aromatic nitrogens is 6. The summed E-state index contributed by atoms with van der Waals surface area (Å²) >= 11 is 6.23. The Hall–Kier alpha value is -2.15. The molecule has 0 amide bonds. The van der Waals surface area contributed by atoms with Crippen LogP contribution in [0.15, 0.2) is 18.7 Å². The first kappa shape index (κ1) is 12.9. The van der Waals surface area contributed by atoms with Gasteiger partial charge >= 0.3 is 0 Å². The predicted octanol–water partition coefficient (Wildman–Crippen LogP) is 1.86. The molecular weight excluding hydrogens is 280 g/mol. The second-order valence-corrected chi connectivity index (χ2v) is 5.00. The van der Waals surface area contributed by atoms with Crippen LogP contribution >= 0.6 is 11.6 Å². The van der Waals surface area contributed by atoms with Gasteiger partial charge in [-0.05, 0) is 6.92 Å². The minimum atomic E-state index is -0.283. The number of halogens is 1. The van der Waals surface area contributed by atoms with Crippen LogP contribution in [-0.2, 0) is 7.05 Å². The van der Waals surface area contributed by atoms with Crippen LogP contribution in [0, 0.1) is 0 Å². The van der Waals surface area contributed by atoms with Gasteiger partial charge in [0.15, 0.2) is 11.2 Å². The molecule has 7 nitrogen and oxygen atoms in total. The molecule has 20 heavy (non-hydrogen) atoms. The van der Waals surface area contributed by atoms with Gasteiger partial charge in [-0.1, -0.05) is 0 Å². The highest BCUT2D eigenvalue weighted by Crippen LogP contribution is 2.29. The first-order valence-corrected chi connectivity index (χ1v) is 6.46. The van der Waals surface area contributed by atoms with Gasteiger partial charge < -0.3 is 4.74 Å². The monoisotopic (exact) mass is 292 g/mol. The fourth-order valence-electron chi connectivity index (χ4n) is 2.08. The summed E-state index contributed by atoms with van der Waals surface area (Å²) in [5.41, 5.74) is 2.08. The molecule has 0 aromatic carbocycles. The van der Waals surface area contributed by atoms with Crippen LogP contribution in [0.25, 0.3) is 16.9 Å². The zero-order valence-corrected chi connectivity index (χ0v) is 12.0. The molecule has 1 atom stereocenters. The van der Waals surface area contributed by atoms with Gasteiger partial charge in [0.05, 0.1) is 24.4 Å². The SMILES string of the molecule is COc1ncnc2c1nc(C(C)Cl)n2-c1cnn(C)c1. The van der Waals surface area contributed by atoms with Crippen molar-refractivity contribution < 1.29 is 4.74 Å². The molecule has 0 saturated carbocycles. The van der Waals surface area contributed by atoms with E-state index in [9.17, 15) is 0 Å². The van der Waals surface area contributed by atoms with Crippen LogP contribution in [0.1, 0.15) is 18.1 Å². The summed E-state index contributed by atoms with van der Waals surface area (Å²) in [6.07, 6.45) is 5.05.